The lowest BCUT2D eigenvalue weighted by molar-refractivity contribution is 0.0951. The summed E-state index contributed by atoms with van der Waals surface area (Å²) in [6, 6.07) is 12.7. The first kappa shape index (κ1) is 21.0. The molecule has 1 aliphatic carbocycles. The lowest BCUT2D eigenvalue weighted by Gasteiger charge is -2.27. The van der Waals surface area contributed by atoms with Gasteiger partial charge in [-0.1, -0.05) is 17.7 Å². The number of halogens is 1. The molecular formula is C22H24ClN3O3. The van der Waals surface area contributed by atoms with E-state index in [1.807, 2.05) is 6.07 Å². The predicted octanol–water partition coefficient (Wildman–Crippen LogP) is 3.87. The van der Waals surface area contributed by atoms with Crippen LogP contribution in [0, 0.1) is 11.3 Å². The Morgan fingerprint density at radius 3 is 2.66 bits per heavy atom. The molecule has 0 saturated heterocycles. The molecule has 29 heavy (non-hydrogen) atoms. The van der Waals surface area contributed by atoms with Crippen LogP contribution in [0.3, 0.4) is 0 Å². The monoisotopic (exact) mass is 413 g/mol. The largest absolute Gasteiger partial charge is 0.495 e. The highest BCUT2D eigenvalue weighted by Crippen LogP contribution is 2.26. The van der Waals surface area contributed by atoms with Gasteiger partial charge in [0.2, 0.25) is 0 Å². The molecule has 0 aliphatic heterocycles. The summed E-state index contributed by atoms with van der Waals surface area (Å²) in [7, 11) is 1.55. The standard InChI is InChI=1S/C22H24ClN3O3/c1-29-21-9-3-15(11-19(21)23)13-25-22(28)18-10-14(12-24)2-8-20(18)26-16-4-6-17(27)7-5-16/h2-3,8-11,16-17,26-27H,4-7,13H2,1H3,(H,25,28). The van der Waals surface area contributed by atoms with Gasteiger partial charge in [0.15, 0.2) is 0 Å². The van der Waals surface area contributed by atoms with Gasteiger partial charge in [-0.25, -0.2) is 0 Å². The first-order valence-electron chi connectivity index (χ1n) is 9.59. The molecule has 152 valence electrons. The van der Waals surface area contributed by atoms with Gasteiger partial charge in [-0.15, -0.1) is 0 Å². The summed E-state index contributed by atoms with van der Waals surface area (Å²) in [6.45, 7) is 0.300. The van der Waals surface area contributed by atoms with Gasteiger partial charge in [0.1, 0.15) is 5.75 Å². The van der Waals surface area contributed by atoms with E-state index in [0.29, 0.717) is 34.1 Å². The smallest absolute Gasteiger partial charge is 0.253 e. The zero-order chi connectivity index (χ0) is 20.8. The lowest BCUT2D eigenvalue weighted by atomic mass is 9.92. The third kappa shape index (κ3) is 5.41. The van der Waals surface area contributed by atoms with E-state index in [-0.39, 0.29) is 18.1 Å². The molecule has 0 radical (unpaired) electrons. The van der Waals surface area contributed by atoms with E-state index < -0.39 is 0 Å². The maximum Gasteiger partial charge on any atom is 0.253 e. The Kier molecular flexibility index (Phi) is 6.97. The first-order chi connectivity index (χ1) is 14.0. The number of carbonyl (C=O) groups is 1. The van der Waals surface area contributed by atoms with Gasteiger partial charge in [0.25, 0.3) is 5.91 Å². The fourth-order valence-corrected chi connectivity index (χ4v) is 3.75. The number of nitrogens with zero attached hydrogens (tertiary/aromatic N) is 1. The number of anilines is 1. The van der Waals surface area contributed by atoms with Crippen LogP contribution in [0.2, 0.25) is 5.02 Å². The van der Waals surface area contributed by atoms with E-state index >= 15 is 0 Å². The van der Waals surface area contributed by atoms with Gasteiger partial charge < -0.3 is 20.5 Å². The summed E-state index contributed by atoms with van der Waals surface area (Å²) in [6.07, 6.45) is 2.92. The molecule has 0 bridgehead atoms. The zero-order valence-electron chi connectivity index (χ0n) is 16.2. The molecule has 0 spiro atoms. The number of amides is 1. The van der Waals surface area contributed by atoms with Crippen LogP contribution in [-0.4, -0.2) is 30.3 Å². The van der Waals surface area contributed by atoms with Crippen molar-refractivity contribution in [3.63, 3.8) is 0 Å². The van der Waals surface area contributed by atoms with E-state index in [1.54, 1.807) is 37.4 Å². The molecular weight excluding hydrogens is 390 g/mol. The molecule has 1 fully saturated rings. The van der Waals surface area contributed by atoms with Crippen molar-refractivity contribution in [2.45, 2.75) is 44.4 Å². The average Bonchev–Trinajstić information content (AvgIpc) is 2.74. The van der Waals surface area contributed by atoms with Crippen molar-refractivity contribution in [3.05, 3.63) is 58.1 Å². The van der Waals surface area contributed by atoms with Gasteiger partial charge in [-0.2, -0.15) is 5.26 Å². The summed E-state index contributed by atoms with van der Waals surface area (Å²) < 4.78 is 5.14. The molecule has 0 heterocycles. The van der Waals surface area contributed by atoms with Crippen LogP contribution in [0.15, 0.2) is 36.4 Å². The van der Waals surface area contributed by atoms with Gasteiger partial charge in [-0.05, 0) is 61.6 Å². The van der Waals surface area contributed by atoms with E-state index in [4.69, 9.17) is 16.3 Å². The molecule has 0 unspecified atom stereocenters. The molecule has 2 aromatic rings. The Labute approximate surface area is 175 Å². The second kappa shape index (κ2) is 9.64. The third-order valence-electron chi connectivity index (χ3n) is 5.12. The number of carbonyl (C=O) groups excluding carboxylic acids is 1. The number of rotatable bonds is 6. The summed E-state index contributed by atoms with van der Waals surface area (Å²) >= 11 is 6.14. The molecule has 7 heteroatoms. The van der Waals surface area contributed by atoms with E-state index in [0.717, 1.165) is 31.2 Å². The highest BCUT2D eigenvalue weighted by atomic mass is 35.5. The Balaban J connectivity index is 1.72. The van der Waals surface area contributed by atoms with Crippen LogP contribution in [0.1, 0.15) is 47.2 Å². The number of benzene rings is 2. The van der Waals surface area contributed by atoms with Crippen molar-refractivity contribution >= 4 is 23.2 Å². The van der Waals surface area contributed by atoms with Gasteiger partial charge in [0, 0.05) is 18.3 Å². The average molecular weight is 414 g/mol. The first-order valence-corrected chi connectivity index (χ1v) is 9.97. The quantitative estimate of drug-likeness (QED) is 0.668. The highest BCUT2D eigenvalue weighted by molar-refractivity contribution is 6.32. The third-order valence-corrected chi connectivity index (χ3v) is 5.41. The number of hydrogen-bond acceptors (Lipinski definition) is 5. The van der Waals surface area contributed by atoms with Crippen LogP contribution in [0.25, 0.3) is 0 Å². The van der Waals surface area contributed by atoms with Crippen molar-refractivity contribution in [1.29, 1.82) is 5.26 Å². The normalized spacial score (nSPS) is 18.6. The maximum atomic E-state index is 12.9. The predicted molar refractivity (Wildman–Crippen MR) is 112 cm³/mol. The lowest BCUT2D eigenvalue weighted by Crippen LogP contribution is -2.30. The second-order valence-corrected chi connectivity index (χ2v) is 7.58. The topological polar surface area (TPSA) is 94.4 Å². The van der Waals surface area contributed by atoms with Gasteiger partial charge in [0.05, 0.1) is 35.4 Å². The van der Waals surface area contributed by atoms with Crippen molar-refractivity contribution in [1.82, 2.24) is 5.32 Å². The summed E-state index contributed by atoms with van der Waals surface area (Å²) in [5.74, 6) is 0.305. The van der Waals surface area contributed by atoms with Crippen LogP contribution in [0.5, 0.6) is 5.75 Å². The molecule has 2 aromatic carbocycles. The molecule has 6 nitrogen and oxygen atoms in total. The zero-order valence-corrected chi connectivity index (χ0v) is 17.0. The molecule has 3 rings (SSSR count). The van der Waals surface area contributed by atoms with Gasteiger partial charge >= 0.3 is 0 Å². The Hall–Kier alpha value is -2.75. The molecule has 3 N–H and O–H groups in total. The van der Waals surface area contributed by atoms with Crippen LogP contribution < -0.4 is 15.4 Å². The molecule has 0 aromatic heterocycles. The fraction of sp³-hybridized carbons (Fsp3) is 0.364. The van der Waals surface area contributed by atoms with Crippen molar-refractivity contribution in [3.8, 4) is 11.8 Å². The summed E-state index contributed by atoms with van der Waals surface area (Å²) in [4.78, 5) is 12.9. The molecule has 1 saturated carbocycles. The number of nitriles is 1. The number of ether oxygens (including phenoxy) is 1. The number of aliphatic hydroxyl groups is 1. The van der Waals surface area contributed by atoms with Crippen LogP contribution in [-0.2, 0) is 6.54 Å². The minimum atomic E-state index is -0.271. The highest BCUT2D eigenvalue weighted by Gasteiger charge is 2.21. The maximum absolute atomic E-state index is 12.9. The second-order valence-electron chi connectivity index (χ2n) is 7.17. The number of nitrogens with one attached hydrogen (secondary N) is 2. The summed E-state index contributed by atoms with van der Waals surface area (Å²) in [5, 5.41) is 25.7. The SMILES string of the molecule is COc1ccc(CNC(=O)c2cc(C#N)ccc2NC2CCC(O)CC2)cc1Cl. The summed E-state index contributed by atoms with van der Waals surface area (Å²) in [5.41, 5.74) is 2.38. The van der Waals surface area contributed by atoms with Crippen molar-refractivity contribution in [2.75, 3.05) is 12.4 Å². The minimum Gasteiger partial charge on any atom is -0.495 e. The molecule has 1 amide bonds. The van der Waals surface area contributed by atoms with E-state index in [9.17, 15) is 15.2 Å². The van der Waals surface area contributed by atoms with E-state index in [1.165, 1.54) is 0 Å². The molecule has 0 atom stereocenters. The minimum absolute atomic E-state index is 0.193. The Morgan fingerprint density at radius 2 is 2.00 bits per heavy atom. The number of aliphatic hydroxyl groups excluding tert-OH is 1. The van der Waals surface area contributed by atoms with Crippen molar-refractivity contribution < 1.29 is 14.6 Å². The van der Waals surface area contributed by atoms with Gasteiger partial charge in [-0.3, -0.25) is 4.79 Å². The van der Waals surface area contributed by atoms with Crippen LogP contribution in [0.4, 0.5) is 5.69 Å². The molecule has 1 aliphatic rings. The van der Waals surface area contributed by atoms with E-state index in [2.05, 4.69) is 16.7 Å². The van der Waals surface area contributed by atoms with Crippen molar-refractivity contribution in [2.24, 2.45) is 0 Å². The Bertz CT molecular complexity index is 918. The fourth-order valence-electron chi connectivity index (χ4n) is 3.47. The number of hydrogen-bond donors (Lipinski definition) is 3. The van der Waals surface area contributed by atoms with Crippen LogP contribution >= 0.6 is 11.6 Å². The number of methoxy groups -OCH3 is 1. The Morgan fingerprint density at radius 1 is 1.24 bits per heavy atom.